The van der Waals surface area contributed by atoms with Crippen molar-refractivity contribution in [3.63, 3.8) is 0 Å². The number of rotatable bonds is 5. The van der Waals surface area contributed by atoms with Crippen LogP contribution in [-0.4, -0.2) is 26.5 Å². The molecule has 0 aliphatic rings. The van der Waals surface area contributed by atoms with Crippen molar-refractivity contribution >= 4 is 5.97 Å². The molecular weight excluding hydrogens is 199 g/mol. The van der Waals surface area contributed by atoms with Crippen LogP contribution in [0.2, 0.25) is 0 Å². The van der Waals surface area contributed by atoms with Gasteiger partial charge in [0, 0.05) is 24.7 Å². The summed E-state index contributed by atoms with van der Waals surface area (Å²) in [5.74, 6) is -0.889. The SMILES string of the molecule is CC(C)(F)CCn1cc(CC(=O)O)cn1. The Balaban J connectivity index is 2.50. The van der Waals surface area contributed by atoms with Gasteiger partial charge in [-0.15, -0.1) is 0 Å². The first-order valence-corrected chi connectivity index (χ1v) is 4.79. The van der Waals surface area contributed by atoms with Gasteiger partial charge in [-0.2, -0.15) is 5.10 Å². The van der Waals surface area contributed by atoms with Crippen molar-refractivity contribution in [2.75, 3.05) is 0 Å². The molecule has 0 atom stereocenters. The number of nitrogens with zero attached hydrogens (tertiary/aromatic N) is 2. The molecule has 0 bridgehead atoms. The fourth-order valence-corrected chi connectivity index (χ4v) is 1.18. The van der Waals surface area contributed by atoms with Crippen LogP contribution in [0.25, 0.3) is 0 Å². The molecule has 0 radical (unpaired) electrons. The summed E-state index contributed by atoms with van der Waals surface area (Å²) in [6.45, 7) is 3.48. The van der Waals surface area contributed by atoms with Crippen molar-refractivity contribution in [2.45, 2.75) is 38.9 Å². The minimum Gasteiger partial charge on any atom is -0.481 e. The first-order valence-electron chi connectivity index (χ1n) is 4.79. The highest BCUT2D eigenvalue weighted by atomic mass is 19.1. The van der Waals surface area contributed by atoms with Gasteiger partial charge >= 0.3 is 5.97 Å². The Morgan fingerprint density at radius 2 is 2.33 bits per heavy atom. The smallest absolute Gasteiger partial charge is 0.307 e. The zero-order chi connectivity index (χ0) is 11.5. The third-order valence-electron chi connectivity index (χ3n) is 1.98. The van der Waals surface area contributed by atoms with Crippen molar-refractivity contribution in [2.24, 2.45) is 0 Å². The van der Waals surface area contributed by atoms with Gasteiger partial charge in [0.15, 0.2) is 0 Å². The molecule has 0 aromatic carbocycles. The fraction of sp³-hybridized carbons (Fsp3) is 0.600. The van der Waals surface area contributed by atoms with Gasteiger partial charge in [0.1, 0.15) is 5.67 Å². The fourth-order valence-electron chi connectivity index (χ4n) is 1.18. The first-order chi connectivity index (χ1) is 6.87. The number of aryl methyl sites for hydroxylation is 1. The Morgan fingerprint density at radius 1 is 1.67 bits per heavy atom. The molecule has 4 nitrogen and oxygen atoms in total. The molecule has 1 N–H and O–H groups in total. The highest BCUT2D eigenvalue weighted by Gasteiger charge is 2.15. The Bertz CT molecular complexity index is 341. The minimum absolute atomic E-state index is 0.0426. The van der Waals surface area contributed by atoms with Crippen LogP contribution < -0.4 is 0 Å². The van der Waals surface area contributed by atoms with Gasteiger partial charge in [0.05, 0.1) is 12.6 Å². The quantitative estimate of drug-likeness (QED) is 0.810. The Morgan fingerprint density at radius 3 is 2.87 bits per heavy atom. The number of aromatic nitrogens is 2. The summed E-state index contributed by atoms with van der Waals surface area (Å²) >= 11 is 0. The minimum atomic E-state index is -1.22. The Kier molecular flexibility index (Phi) is 3.44. The number of alkyl halides is 1. The van der Waals surface area contributed by atoms with Crippen LogP contribution >= 0.6 is 0 Å². The lowest BCUT2D eigenvalue weighted by molar-refractivity contribution is -0.136. The van der Waals surface area contributed by atoms with Crippen molar-refractivity contribution in [1.82, 2.24) is 9.78 Å². The number of hydrogen-bond acceptors (Lipinski definition) is 2. The van der Waals surface area contributed by atoms with Crippen molar-refractivity contribution in [3.8, 4) is 0 Å². The molecule has 1 aromatic rings. The van der Waals surface area contributed by atoms with Crippen LogP contribution in [0.3, 0.4) is 0 Å². The molecule has 0 aliphatic carbocycles. The van der Waals surface area contributed by atoms with E-state index in [0.29, 0.717) is 18.5 Å². The number of hydrogen-bond donors (Lipinski definition) is 1. The van der Waals surface area contributed by atoms with E-state index >= 15 is 0 Å². The second-order valence-electron chi connectivity index (χ2n) is 4.15. The van der Waals surface area contributed by atoms with Crippen LogP contribution in [0.15, 0.2) is 12.4 Å². The van der Waals surface area contributed by atoms with Gasteiger partial charge in [-0.25, -0.2) is 4.39 Å². The third-order valence-corrected chi connectivity index (χ3v) is 1.98. The van der Waals surface area contributed by atoms with E-state index < -0.39 is 11.6 Å². The van der Waals surface area contributed by atoms with Crippen molar-refractivity contribution in [1.29, 1.82) is 0 Å². The monoisotopic (exact) mass is 214 g/mol. The average Bonchev–Trinajstić information content (AvgIpc) is 2.46. The summed E-state index contributed by atoms with van der Waals surface area (Å²) in [6, 6.07) is 0. The van der Waals surface area contributed by atoms with Gasteiger partial charge in [0.2, 0.25) is 0 Å². The van der Waals surface area contributed by atoms with E-state index in [2.05, 4.69) is 5.10 Å². The zero-order valence-corrected chi connectivity index (χ0v) is 8.90. The Labute approximate surface area is 87.7 Å². The van der Waals surface area contributed by atoms with Gasteiger partial charge in [-0.3, -0.25) is 9.48 Å². The number of halogens is 1. The molecule has 0 saturated heterocycles. The van der Waals surface area contributed by atoms with E-state index in [0.717, 1.165) is 0 Å². The van der Waals surface area contributed by atoms with Crippen LogP contribution in [0.4, 0.5) is 4.39 Å². The largest absolute Gasteiger partial charge is 0.481 e. The highest BCUT2D eigenvalue weighted by molar-refractivity contribution is 5.69. The van der Waals surface area contributed by atoms with E-state index in [-0.39, 0.29) is 6.42 Å². The van der Waals surface area contributed by atoms with Gasteiger partial charge < -0.3 is 5.11 Å². The predicted molar refractivity (Wildman–Crippen MR) is 53.4 cm³/mol. The van der Waals surface area contributed by atoms with Crippen LogP contribution in [-0.2, 0) is 17.8 Å². The first kappa shape index (κ1) is 11.7. The maximum absolute atomic E-state index is 13.2. The van der Waals surface area contributed by atoms with Gasteiger partial charge in [-0.05, 0) is 13.8 Å². The van der Waals surface area contributed by atoms with E-state index in [1.165, 1.54) is 20.0 Å². The molecule has 15 heavy (non-hydrogen) atoms. The summed E-state index contributed by atoms with van der Waals surface area (Å²) in [7, 11) is 0. The molecule has 0 aliphatic heterocycles. The number of carboxylic acids is 1. The van der Waals surface area contributed by atoms with Gasteiger partial charge in [-0.1, -0.05) is 0 Å². The van der Waals surface area contributed by atoms with Gasteiger partial charge in [0.25, 0.3) is 0 Å². The van der Waals surface area contributed by atoms with E-state index in [1.54, 1.807) is 10.9 Å². The lowest BCUT2D eigenvalue weighted by atomic mass is 10.1. The summed E-state index contributed by atoms with van der Waals surface area (Å²) in [6.07, 6.45) is 3.46. The molecule has 0 saturated carbocycles. The standard InChI is InChI=1S/C10H15FN2O2/c1-10(2,11)3-4-13-7-8(6-12-13)5-9(14)15/h6-7H,3-5H2,1-2H3,(H,14,15). The summed E-state index contributed by atoms with van der Waals surface area (Å²) in [5.41, 5.74) is -0.585. The van der Waals surface area contributed by atoms with E-state index in [9.17, 15) is 9.18 Å². The summed E-state index contributed by atoms with van der Waals surface area (Å²) in [5, 5.41) is 12.5. The average molecular weight is 214 g/mol. The number of carboxylic acid groups (broad SMARTS) is 1. The lowest BCUT2D eigenvalue weighted by Crippen LogP contribution is -2.15. The molecule has 1 aromatic heterocycles. The number of aliphatic carboxylic acids is 1. The molecule has 0 fully saturated rings. The second-order valence-corrected chi connectivity index (χ2v) is 4.15. The molecule has 1 rings (SSSR count). The second kappa shape index (κ2) is 4.42. The molecule has 0 unspecified atom stereocenters. The van der Waals surface area contributed by atoms with E-state index in [1.807, 2.05) is 0 Å². The number of carbonyl (C=O) groups is 1. The summed E-state index contributed by atoms with van der Waals surface area (Å²) in [4.78, 5) is 10.4. The molecule has 0 amide bonds. The molecule has 84 valence electrons. The maximum Gasteiger partial charge on any atom is 0.307 e. The predicted octanol–water partition coefficient (Wildman–Crippen LogP) is 1.65. The normalized spacial score (nSPS) is 11.7. The summed E-state index contributed by atoms with van der Waals surface area (Å²) < 4.78 is 14.7. The van der Waals surface area contributed by atoms with E-state index in [4.69, 9.17) is 5.11 Å². The Hall–Kier alpha value is -1.39. The maximum atomic E-state index is 13.2. The van der Waals surface area contributed by atoms with Crippen molar-refractivity contribution in [3.05, 3.63) is 18.0 Å². The zero-order valence-electron chi connectivity index (χ0n) is 8.90. The third kappa shape index (κ3) is 4.58. The molecule has 5 heteroatoms. The highest BCUT2D eigenvalue weighted by Crippen LogP contribution is 2.14. The van der Waals surface area contributed by atoms with Crippen LogP contribution in [0.5, 0.6) is 0 Å². The lowest BCUT2D eigenvalue weighted by Gasteiger charge is -2.13. The molecular formula is C10H15FN2O2. The van der Waals surface area contributed by atoms with Crippen LogP contribution in [0.1, 0.15) is 25.8 Å². The topological polar surface area (TPSA) is 55.1 Å². The van der Waals surface area contributed by atoms with Crippen LogP contribution in [0, 0.1) is 0 Å². The van der Waals surface area contributed by atoms with Crippen molar-refractivity contribution < 1.29 is 14.3 Å². The molecule has 1 heterocycles. The molecule has 0 spiro atoms.